The van der Waals surface area contributed by atoms with Crippen LogP contribution in [0.15, 0.2) is 22.7 Å². The van der Waals surface area contributed by atoms with Crippen molar-refractivity contribution in [3.63, 3.8) is 0 Å². The van der Waals surface area contributed by atoms with Gasteiger partial charge in [-0.15, -0.1) is 11.6 Å². The summed E-state index contributed by atoms with van der Waals surface area (Å²) in [5.74, 6) is -0.746. The fourth-order valence-corrected chi connectivity index (χ4v) is 2.06. The first-order valence-electron chi connectivity index (χ1n) is 6.04. The van der Waals surface area contributed by atoms with Gasteiger partial charge in [0, 0.05) is 16.4 Å². The highest BCUT2D eigenvalue weighted by molar-refractivity contribution is 9.10. The molecule has 0 aliphatic carbocycles. The van der Waals surface area contributed by atoms with E-state index >= 15 is 0 Å². The number of rotatable bonds is 5. The topological polar surface area (TPSA) is 29.1 Å². The zero-order valence-corrected chi connectivity index (χ0v) is 13.1. The Kier molecular flexibility index (Phi) is 6.33. The lowest BCUT2D eigenvalue weighted by Crippen LogP contribution is -2.28. The second-order valence-electron chi connectivity index (χ2n) is 4.24. The molecule has 2 nitrogen and oxygen atoms in total. The second-order valence-corrected chi connectivity index (χ2v) is 5.77. The summed E-state index contributed by atoms with van der Waals surface area (Å²) in [7, 11) is 0. The van der Waals surface area contributed by atoms with Gasteiger partial charge >= 0.3 is 6.18 Å². The molecule has 0 heterocycles. The molecule has 1 amide bonds. The summed E-state index contributed by atoms with van der Waals surface area (Å²) >= 11 is 8.85. The number of carbonyl (C=O) groups excluding carboxylic acids is 1. The van der Waals surface area contributed by atoms with Crippen LogP contribution in [-0.4, -0.2) is 17.8 Å². The molecule has 1 atom stereocenters. The molecule has 0 aliphatic rings. The summed E-state index contributed by atoms with van der Waals surface area (Å²) in [5, 5.41) is 2.36. The predicted octanol–water partition coefficient (Wildman–Crippen LogP) is 4.61. The number of hydrogen-bond donors (Lipinski definition) is 1. The van der Waals surface area contributed by atoms with E-state index in [1.807, 2.05) is 6.92 Å². The number of amides is 1. The highest BCUT2D eigenvalue weighted by Crippen LogP contribution is 2.33. The van der Waals surface area contributed by atoms with Gasteiger partial charge in [0.25, 0.3) is 5.91 Å². The van der Waals surface area contributed by atoms with Crippen LogP contribution in [0.2, 0.25) is 0 Å². The SMILES string of the molecule is CCC(Cl)CCNC(=O)c1ccc(Br)cc1C(F)(F)F. The molecule has 7 heteroatoms. The number of benzene rings is 1. The fraction of sp³-hybridized carbons (Fsp3) is 0.462. The third-order valence-electron chi connectivity index (χ3n) is 2.72. The summed E-state index contributed by atoms with van der Waals surface area (Å²) in [4.78, 5) is 11.8. The molecule has 1 rings (SSSR count). The van der Waals surface area contributed by atoms with Gasteiger partial charge in [0.1, 0.15) is 0 Å². The molecule has 1 aromatic carbocycles. The highest BCUT2D eigenvalue weighted by atomic mass is 79.9. The van der Waals surface area contributed by atoms with Crippen LogP contribution < -0.4 is 5.32 Å². The zero-order valence-electron chi connectivity index (χ0n) is 10.7. The molecule has 0 saturated heterocycles. The molecule has 0 bridgehead atoms. The molecule has 20 heavy (non-hydrogen) atoms. The summed E-state index contributed by atoms with van der Waals surface area (Å²) in [6, 6.07) is 3.45. The Bertz CT molecular complexity index is 479. The summed E-state index contributed by atoms with van der Waals surface area (Å²) in [6.07, 6.45) is -3.32. The average Bonchev–Trinajstić information content (AvgIpc) is 2.37. The quantitative estimate of drug-likeness (QED) is 0.752. The maximum Gasteiger partial charge on any atom is 0.417 e. The normalized spacial score (nSPS) is 13.1. The number of halogens is 5. The molecule has 1 N–H and O–H groups in total. The van der Waals surface area contributed by atoms with Crippen molar-refractivity contribution in [3.8, 4) is 0 Å². The van der Waals surface area contributed by atoms with Gasteiger partial charge in [-0.2, -0.15) is 13.2 Å². The van der Waals surface area contributed by atoms with Crippen molar-refractivity contribution in [1.29, 1.82) is 0 Å². The van der Waals surface area contributed by atoms with Crippen LogP contribution >= 0.6 is 27.5 Å². The number of carbonyl (C=O) groups is 1. The minimum absolute atomic E-state index is 0.0951. The first-order valence-corrected chi connectivity index (χ1v) is 7.27. The average molecular weight is 373 g/mol. The largest absolute Gasteiger partial charge is 0.417 e. The number of hydrogen-bond acceptors (Lipinski definition) is 1. The van der Waals surface area contributed by atoms with Crippen LogP contribution in [0.4, 0.5) is 13.2 Å². The molecule has 0 aliphatic heterocycles. The van der Waals surface area contributed by atoms with E-state index in [1.165, 1.54) is 6.07 Å². The third-order valence-corrected chi connectivity index (χ3v) is 3.74. The molecule has 0 spiro atoms. The highest BCUT2D eigenvalue weighted by Gasteiger charge is 2.35. The van der Waals surface area contributed by atoms with Crippen molar-refractivity contribution in [2.75, 3.05) is 6.54 Å². The molecule has 1 aromatic rings. The van der Waals surface area contributed by atoms with Gasteiger partial charge < -0.3 is 5.32 Å². The van der Waals surface area contributed by atoms with E-state index in [9.17, 15) is 18.0 Å². The Labute approximate surface area is 128 Å². The minimum Gasteiger partial charge on any atom is -0.352 e. The van der Waals surface area contributed by atoms with E-state index in [1.54, 1.807) is 0 Å². The van der Waals surface area contributed by atoms with Gasteiger partial charge in [0.05, 0.1) is 11.1 Å². The summed E-state index contributed by atoms with van der Waals surface area (Å²) < 4.78 is 38.9. The lowest BCUT2D eigenvalue weighted by Gasteiger charge is -2.14. The van der Waals surface area contributed by atoms with Crippen LogP contribution in [0.25, 0.3) is 0 Å². The van der Waals surface area contributed by atoms with E-state index in [2.05, 4.69) is 21.2 Å². The molecule has 112 valence electrons. The molecule has 0 aromatic heterocycles. The van der Waals surface area contributed by atoms with Crippen molar-refractivity contribution in [2.45, 2.75) is 31.3 Å². The predicted molar refractivity (Wildman–Crippen MR) is 76.0 cm³/mol. The van der Waals surface area contributed by atoms with E-state index in [0.717, 1.165) is 18.6 Å². The Hall–Kier alpha value is -0.750. The monoisotopic (exact) mass is 371 g/mol. The van der Waals surface area contributed by atoms with E-state index in [0.29, 0.717) is 6.42 Å². The van der Waals surface area contributed by atoms with E-state index in [-0.39, 0.29) is 22.0 Å². The second kappa shape index (κ2) is 7.31. The summed E-state index contributed by atoms with van der Waals surface area (Å²) in [6.45, 7) is 2.14. The van der Waals surface area contributed by atoms with Gasteiger partial charge in [-0.3, -0.25) is 4.79 Å². The van der Waals surface area contributed by atoms with Crippen LogP contribution in [0.5, 0.6) is 0 Å². The fourth-order valence-electron chi connectivity index (χ4n) is 1.59. The maximum atomic E-state index is 12.9. The third kappa shape index (κ3) is 4.98. The summed E-state index contributed by atoms with van der Waals surface area (Å²) in [5.41, 5.74) is -1.34. The van der Waals surface area contributed by atoms with Crippen LogP contribution in [0.1, 0.15) is 35.7 Å². The first-order chi connectivity index (χ1) is 9.25. The van der Waals surface area contributed by atoms with Gasteiger partial charge in [-0.1, -0.05) is 22.9 Å². The number of alkyl halides is 4. The van der Waals surface area contributed by atoms with Crippen LogP contribution in [-0.2, 0) is 6.18 Å². The van der Waals surface area contributed by atoms with Gasteiger partial charge in [-0.25, -0.2) is 0 Å². The van der Waals surface area contributed by atoms with Crippen molar-refractivity contribution in [3.05, 3.63) is 33.8 Å². The van der Waals surface area contributed by atoms with E-state index < -0.39 is 17.6 Å². The Morgan fingerprint density at radius 2 is 2.10 bits per heavy atom. The molecular weight excluding hydrogens is 358 g/mol. The Balaban J connectivity index is 2.83. The smallest absolute Gasteiger partial charge is 0.352 e. The van der Waals surface area contributed by atoms with Crippen molar-refractivity contribution in [2.24, 2.45) is 0 Å². The molecular formula is C13H14BrClF3NO. The van der Waals surface area contributed by atoms with Crippen molar-refractivity contribution >= 4 is 33.4 Å². The molecule has 1 unspecified atom stereocenters. The lowest BCUT2D eigenvalue weighted by molar-refractivity contribution is -0.138. The maximum absolute atomic E-state index is 12.9. The first kappa shape index (κ1) is 17.3. The van der Waals surface area contributed by atoms with Crippen LogP contribution in [0.3, 0.4) is 0 Å². The van der Waals surface area contributed by atoms with Crippen LogP contribution in [0, 0.1) is 0 Å². The van der Waals surface area contributed by atoms with Gasteiger partial charge in [-0.05, 0) is 31.0 Å². The van der Waals surface area contributed by atoms with Crippen molar-refractivity contribution < 1.29 is 18.0 Å². The van der Waals surface area contributed by atoms with Crippen molar-refractivity contribution in [1.82, 2.24) is 5.32 Å². The Morgan fingerprint density at radius 3 is 2.65 bits per heavy atom. The zero-order chi connectivity index (χ0) is 15.3. The van der Waals surface area contributed by atoms with Gasteiger partial charge in [0.2, 0.25) is 0 Å². The lowest BCUT2D eigenvalue weighted by atomic mass is 10.1. The molecule has 0 saturated carbocycles. The molecule has 0 fully saturated rings. The number of nitrogens with one attached hydrogen (secondary N) is 1. The standard InChI is InChI=1S/C13H14BrClF3NO/c1-2-9(15)5-6-19-12(20)10-4-3-8(14)7-11(10)13(16,17)18/h3-4,7,9H,2,5-6H2,1H3,(H,19,20). The van der Waals surface area contributed by atoms with Gasteiger partial charge in [0.15, 0.2) is 0 Å². The minimum atomic E-state index is -4.57. The van der Waals surface area contributed by atoms with E-state index in [4.69, 9.17) is 11.6 Å². The Morgan fingerprint density at radius 1 is 1.45 bits per heavy atom. The molecule has 0 radical (unpaired) electrons.